The van der Waals surface area contributed by atoms with Crippen LogP contribution in [0.4, 0.5) is 0 Å². The Kier molecular flexibility index (Phi) is 4.47. The van der Waals surface area contributed by atoms with Crippen molar-refractivity contribution in [1.82, 2.24) is 19.4 Å². The third-order valence-electron chi connectivity index (χ3n) is 5.47. The van der Waals surface area contributed by atoms with Gasteiger partial charge < -0.3 is 23.8 Å². The summed E-state index contributed by atoms with van der Waals surface area (Å²) in [6.45, 7) is 4.73. The Balaban J connectivity index is 1.45. The average Bonchev–Trinajstić information content (AvgIpc) is 3.22. The molecule has 8 heteroatoms. The first-order valence-corrected chi connectivity index (χ1v) is 8.89. The molecule has 3 aliphatic heterocycles. The van der Waals surface area contributed by atoms with Gasteiger partial charge in [0.1, 0.15) is 19.0 Å². The Morgan fingerprint density at radius 3 is 2.84 bits per heavy atom. The summed E-state index contributed by atoms with van der Waals surface area (Å²) in [5, 5.41) is 0. The minimum absolute atomic E-state index is 0.0351. The maximum Gasteiger partial charge on any atom is 0.249 e. The van der Waals surface area contributed by atoms with E-state index in [1.165, 1.54) is 0 Å². The summed E-state index contributed by atoms with van der Waals surface area (Å²) >= 11 is 0. The molecule has 3 fully saturated rings. The molecule has 1 aromatic rings. The first kappa shape index (κ1) is 16.5. The van der Waals surface area contributed by atoms with Crippen LogP contribution in [-0.4, -0.2) is 82.3 Å². The number of amides is 2. The molecule has 0 N–H and O–H groups in total. The number of hydrogen-bond donors (Lipinski definition) is 0. The number of carbonyl (C=O) groups excluding carboxylic acids is 2. The second kappa shape index (κ2) is 6.76. The smallest absolute Gasteiger partial charge is 0.249 e. The second-order valence-corrected chi connectivity index (χ2v) is 6.96. The van der Waals surface area contributed by atoms with Gasteiger partial charge in [-0.3, -0.25) is 9.59 Å². The molecular formula is C17H24N4O4. The molecule has 0 aliphatic carbocycles. The topological polar surface area (TPSA) is 76.9 Å². The van der Waals surface area contributed by atoms with E-state index in [1.807, 2.05) is 27.5 Å². The van der Waals surface area contributed by atoms with E-state index < -0.39 is 0 Å². The summed E-state index contributed by atoms with van der Waals surface area (Å²) in [7, 11) is 0. The van der Waals surface area contributed by atoms with Crippen LogP contribution < -0.4 is 0 Å². The van der Waals surface area contributed by atoms with Gasteiger partial charge in [-0.1, -0.05) is 0 Å². The van der Waals surface area contributed by atoms with Crippen LogP contribution in [0.5, 0.6) is 0 Å². The zero-order valence-electron chi connectivity index (χ0n) is 14.5. The number of hydrogen-bond acceptors (Lipinski definition) is 5. The van der Waals surface area contributed by atoms with Crippen molar-refractivity contribution in [3.05, 3.63) is 18.2 Å². The molecule has 8 nitrogen and oxygen atoms in total. The summed E-state index contributed by atoms with van der Waals surface area (Å²) in [6.07, 6.45) is 5.13. The van der Waals surface area contributed by atoms with Crippen molar-refractivity contribution in [3.8, 4) is 0 Å². The molecule has 0 spiro atoms. The summed E-state index contributed by atoms with van der Waals surface area (Å²) in [5.41, 5.74) is 0. The normalized spacial score (nSPS) is 27.6. The monoisotopic (exact) mass is 348 g/mol. The van der Waals surface area contributed by atoms with Gasteiger partial charge in [0.15, 0.2) is 0 Å². The van der Waals surface area contributed by atoms with Crippen LogP contribution in [0.1, 0.15) is 18.7 Å². The van der Waals surface area contributed by atoms with Gasteiger partial charge in [0, 0.05) is 44.7 Å². The fourth-order valence-corrected chi connectivity index (χ4v) is 4.08. The van der Waals surface area contributed by atoms with Crippen molar-refractivity contribution in [1.29, 1.82) is 0 Å². The molecule has 1 aromatic heterocycles. The standard InChI is InChI=1S/C17H24N4O4/c1-12-18-4-5-19(12)10-16(22)20-8-14-15(9-20)25-11-17(23)21(14)13-2-6-24-7-3-13/h4-5,13-15H,2-3,6-11H2,1H3/t14-,15-/m0/s1. The van der Waals surface area contributed by atoms with Gasteiger partial charge in [-0.05, 0) is 19.8 Å². The van der Waals surface area contributed by atoms with Crippen LogP contribution in [0.2, 0.25) is 0 Å². The largest absolute Gasteiger partial charge is 0.381 e. The van der Waals surface area contributed by atoms with Gasteiger partial charge in [-0.15, -0.1) is 0 Å². The van der Waals surface area contributed by atoms with E-state index in [0.717, 1.165) is 18.7 Å². The molecule has 0 unspecified atom stereocenters. The zero-order chi connectivity index (χ0) is 17.4. The number of aryl methyl sites for hydroxylation is 1. The Morgan fingerprint density at radius 1 is 1.32 bits per heavy atom. The van der Waals surface area contributed by atoms with Gasteiger partial charge in [0.25, 0.3) is 0 Å². The molecule has 2 amide bonds. The van der Waals surface area contributed by atoms with E-state index in [9.17, 15) is 9.59 Å². The number of imidazole rings is 1. The lowest BCUT2D eigenvalue weighted by Crippen LogP contribution is -2.58. The molecule has 4 rings (SSSR count). The van der Waals surface area contributed by atoms with Crippen molar-refractivity contribution < 1.29 is 19.1 Å². The predicted octanol–water partition coefficient (Wildman–Crippen LogP) is -0.191. The lowest BCUT2D eigenvalue weighted by molar-refractivity contribution is -0.159. The molecule has 0 bridgehead atoms. The molecular weight excluding hydrogens is 324 g/mol. The van der Waals surface area contributed by atoms with Gasteiger partial charge in [0.05, 0.1) is 12.1 Å². The minimum atomic E-state index is -0.0895. The highest BCUT2D eigenvalue weighted by Crippen LogP contribution is 2.28. The number of morpholine rings is 1. The zero-order valence-corrected chi connectivity index (χ0v) is 14.5. The van der Waals surface area contributed by atoms with E-state index in [-0.39, 0.29) is 43.2 Å². The van der Waals surface area contributed by atoms with Crippen molar-refractivity contribution in [2.24, 2.45) is 0 Å². The molecule has 0 saturated carbocycles. The average molecular weight is 348 g/mol. The molecule has 2 atom stereocenters. The minimum Gasteiger partial charge on any atom is -0.381 e. The quantitative estimate of drug-likeness (QED) is 0.757. The van der Waals surface area contributed by atoms with E-state index in [4.69, 9.17) is 9.47 Å². The van der Waals surface area contributed by atoms with Gasteiger partial charge >= 0.3 is 0 Å². The van der Waals surface area contributed by atoms with Crippen LogP contribution in [0.25, 0.3) is 0 Å². The molecule has 0 radical (unpaired) electrons. The number of likely N-dealkylation sites (tertiary alicyclic amines) is 1. The molecule has 3 aliphatic rings. The number of nitrogens with zero attached hydrogens (tertiary/aromatic N) is 4. The van der Waals surface area contributed by atoms with E-state index >= 15 is 0 Å². The summed E-state index contributed by atoms with van der Waals surface area (Å²) in [5.74, 6) is 0.895. The summed E-state index contributed by atoms with van der Waals surface area (Å²) < 4.78 is 13.0. The highest BCUT2D eigenvalue weighted by atomic mass is 16.5. The van der Waals surface area contributed by atoms with Crippen LogP contribution >= 0.6 is 0 Å². The number of carbonyl (C=O) groups is 2. The first-order chi connectivity index (χ1) is 12.1. The Morgan fingerprint density at radius 2 is 2.12 bits per heavy atom. The number of rotatable bonds is 3. The molecule has 0 aromatic carbocycles. The fraction of sp³-hybridized carbons (Fsp3) is 0.706. The maximum atomic E-state index is 12.7. The summed E-state index contributed by atoms with van der Waals surface area (Å²) in [4.78, 5) is 33.1. The third kappa shape index (κ3) is 3.16. The van der Waals surface area contributed by atoms with Crippen molar-refractivity contribution >= 4 is 11.8 Å². The van der Waals surface area contributed by atoms with Crippen LogP contribution in [-0.2, 0) is 25.6 Å². The predicted molar refractivity (Wildman–Crippen MR) is 87.8 cm³/mol. The van der Waals surface area contributed by atoms with Crippen molar-refractivity contribution in [2.75, 3.05) is 32.9 Å². The highest BCUT2D eigenvalue weighted by Gasteiger charge is 2.46. The molecule has 3 saturated heterocycles. The number of fused-ring (bicyclic) bond motifs is 1. The molecule has 25 heavy (non-hydrogen) atoms. The fourth-order valence-electron chi connectivity index (χ4n) is 4.08. The van der Waals surface area contributed by atoms with Crippen LogP contribution in [0.15, 0.2) is 12.4 Å². The Labute approximate surface area is 146 Å². The third-order valence-corrected chi connectivity index (χ3v) is 5.47. The SMILES string of the molecule is Cc1nccn1CC(=O)N1C[C@@H]2OCC(=O)N(C3CCOCC3)[C@H]2C1. The first-order valence-electron chi connectivity index (χ1n) is 8.89. The maximum absolute atomic E-state index is 12.7. The van der Waals surface area contributed by atoms with Gasteiger partial charge in [0.2, 0.25) is 11.8 Å². The van der Waals surface area contributed by atoms with Crippen molar-refractivity contribution in [2.45, 2.75) is 44.5 Å². The van der Waals surface area contributed by atoms with Crippen molar-refractivity contribution in [3.63, 3.8) is 0 Å². The van der Waals surface area contributed by atoms with E-state index in [1.54, 1.807) is 6.20 Å². The highest BCUT2D eigenvalue weighted by molar-refractivity contribution is 5.80. The lowest BCUT2D eigenvalue weighted by atomic mass is 10.0. The van der Waals surface area contributed by atoms with Gasteiger partial charge in [-0.2, -0.15) is 0 Å². The number of ether oxygens (including phenoxy) is 2. The second-order valence-electron chi connectivity index (χ2n) is 6.96. The van der Waals surface area contributed by atoms with Crippen LogP contribution in [0.3, 0.4) is 0 Å². The van der Waals surface area contributed by atoms with E-state index in [0.29, 0.717) is 26.3 Å². The summed E-state index contributed by atoms with van der Waals surface area (Å²) in [6, 6.07) is 0.153. The van der Waals surface area contributed by atoms with Crippen LogP contribution in [0, 0.1) is 6.92 Å². The van der Waals surface area contributed by atoms with Gasteiger partial charge in [-0.25, -0.2) is 4.98 Å². The Bertz CT molecular complexity index is 655. The molecule has 4 heterocycles. The number of aromatic nitrogens is 2. The molecule has 136 valence electrons. The lowest BCUT2D eigenvalue weighted by Gasteiger charge is -2.43. The Hall–Kier alpha value is -1.93. The van der Waals surface area contributed by atoms with E-state index in [2.05, 4.69) is 4.98 Å².